The van der Waals surface area contributed by atoms with Gasteiger partial charge in [0.25, 0.3) is 0 Å². The van der Waals surface area contributed by atoms with Crippen LogP contribution < -0.4 is 5.73 Å². The summed E-state index contributed by atoms with van der Waals surface area (Å²) in [5.41, 5.74) is 5.26. The van der Waals surface area contributed by atoms with Crippen molar-refractivity contribution in [3.8, 4) is 0 Å². The first-order valence-electron chi connectivity index (χ1n) is 5.38. The lowest BCUT2D eigenvalue weighted by Crippen LogP contribution is -2.12. The molecule has 0 atom stereocenters. The number of halogens is 2. The first-order valence-corrected chi connectivity index (χ1v) is 6.36. The average Bonchev–Trinajstić information content (AvgIpc) is 2.21. The molecular formula is C12H16F2N2S. The zero-order valence-corrected chi connectivity index (χ0v) is 10.7. The Morgan fingerprint density at radius 1 is 1.35 bits per heavy atom. The maximum absolute atomic E-state index is 13.6. The fraction of sp³-hybridized carbons (Fsp3) is 0.417. The molecule has 1 aromatic carbocycles. The number of nitrogens with one attached hydrogen (secondary N) is 1. The van der Waals surface area contributed by atoms with Crippen molar-refractivity contribution in [2.75, 3.05) is 5.75 Å². The smallest absolute Gasteiger partial charge is 0.140 e. The molecule has 5 heteroatoms. The van der Waals surface area contributed by atoms with Crippen molar-refractivity contribution in [2.24, 2.45) is 11.7 Å². The summed E-state index contributed by atoms with van der Waals surface area (Å²) in [5, 5.41) is 7.13. The summed E-state index contributed by atoms with van der Waals surface area (Å²) in [6, 6.07) is 2.20. The maximum atomic E-state index is 13.6. The summed E-state index contributed by atoms with van der Waals surface area (Å²) in [5.74, 6) is -0.454. The number of rotatable bonds is 5. The highest BCUT2D eigenvalue weighted by Crippen LogP contribution is 2.27. The summed E-state index contributed by atoms with van der Waals surface area (Å²) < 4.78 is 27.2. The average molecular weight is 258 g/mol. The van der Waals surface area contributed by atoms with Gasteiger partial charge in [0.15, 0.2) is 0 Å². The molecule has 0 fully saturated rings. The Hall–Kier alpha value is -1.10. The zero-order valence-electron chi connectivity index (χ0n) is 9.89. The second-order valence-corrected chi connectivity index (χ2v) is 5.32. The molecule has 0 saturated heterocycles. The summed E-state index contributed by atoms with van der Waals surface area (Å²) in [7, 11) is 0. The fourth-order valence-electron chi connectivity index (χ4n) is 1.25. The van der Waals surface area contributed by atoms with Gasteiger partial charge in [0, 0.05) is 5.56 Å². The predicted molar refractivity (Wildman–Crippen MR) is 67.6 cm³/mol. The molecule has 0 radical (unpaired) electrons. The summed E-state index contributed by atoms with van der Waals surface area (Å²) >= 11 is 1.16. The Bertz CT molecular complexity index is 396. The minimum absolute atomic E-state index is 0.00986. The minimum Gasteiger partial charge on any atom is -0.384 e. The van der Waals surface area contributed by atoms with Crippen LogP contribution in [0.4, 0.5) is 8.78 Å². The molecule has 0 aliphatic rings. The van der Waals surface area contributed by atoms with E-state index in [4.69, 9.17) is 11.1 Å². The molecule has 0 amide bonds. The second-order valence-electron chi connectivity index (χ2n) is 4.21. The van der Waals surface area contributed by atoms with Crippen LogP contribution in [0.15, 0.2) is 17.0 Å². The molecule has 1 aromatic rings. The molecule has 0 aromatic heterocycles. The van der Waals surface area contributed by atoms with Crippen molar-refractivity contribution in [3.05, 3.63) is 29.3 Å². The third kappa shape index (κ3) is 4.00. The minimum atomic E-state index is -0.649. The van der Waals surface area contributed by atoms with Gasteiger partial charge in [-0.1, -0.05) is 13.8 Å². The van der Waals surface area contributed by atoms with E-state index < -0.39 is 11.6 Å². The van der Waals surface area contributed by atoms with Gasteiger partial charge in [0.2, 0.25) is 0 Å². The highest BCUT2D eigenvalue weighted by Gasteiger charge is 2.13. The van der Waals surface area contributed by atoms with Crippen LogP contribution >= 0.6 is 11.8 Å². The van der Waals surface area contributed by atoms with Crippen molar-refractivity contribution >= 4 is 17.6 Å². The summed E-state index contributed by atoms with van der Waals surface area (Å²) in [6.45, 7) is 4.12. The van der Waals surface area contributed by atoms with E-state index >= 15 is 0 Å². The molecule has 3 N–H and O–H groups in total. The van der Waals surface area contributed by atoms with Gasteiger partial charge in [-0.2, -0.15) is 0 Å². The molecule has 94 valence electrons. The van der Waals surface area contributed by atoms with Crippen molar-refractivity contribution in [3.63, 3.8) is 0 Å². The lowest BCUT2D eigenvalue weighted by atomic mass is 10.2. The molecule has 0 unspecified atom stereocenters. The Labute approximate surface area is 104 Å². The third-order valence-electron chi connectivity index (χ3n) is 2.25. The molecule has 0 aliphatic heterocycles. The number of hydrogen-bond donors (Lipinski definition) is 2. The molecule has 0 saturated carbocycles. The van der Waals surface area contributed by atoms with Crippen molar-refractivity contribution in [1.29, 1.82) is 5.41 Å². The lowest BCUT2D eigenvalue weighted by molar-refractivity contribution is 0.539. The Balaban J connectivity index is 2.83. The lowest BCUT2D eigenvalue weighted by Gasteiger charge is -2.08. The number of benzene rings is 1. The molecule has 0 aliphatic carbocycles. The summed E-state index contributed by atoms with van der Waals surface area (Å²) in [6.07, 6.45) is 0.901. The van der Waals surface area contributed by atoms with E-state index in [1.807, 2.05) is 0 Å². The van der Waals surface area contributed by atoms with Gasteiger partial charge in [-0.15, -0.1) is 11.8 Å². The SMILES string of the molecule is CC(C)CCSc1c(F)cc(C(=N)N)cc1F. The Morgan fingerprint density at radius 2 is 1.88 bits per heavy atom. The molecule has 0 bridgehead atoms. The summed E-state index contributed by atoms with van der Waals surface area (Å²) in [4.78, 5) is 0.00986. The number of amidine groups is 1. The fourth-order valence-corrected chi connectivity index (χ4v) is 2.44. The Morgan fingerprint density at radius 3 is 2.29 bits per heavy atom. The van der Waals surface area contributed by atoms with E-state index in [0.29, 0.717) is 11.7 Å². The predicted octanol–water partition coefficient (Wildman–Crippen LogP) is 3.39. The van der Waals surface area contributed by atoms with Crippen LogP contribution in [0.5, 0.6) is 0 Å². The van der Waals surface area contributed by atoms with Gasteiger partial charge >= 0.3 is 0 Å². The van der Waals surface area contributed by atoms with E-state index in [1.165, 1.54) is 0 Å². The van der Waals surface area contributed by atoms with Crippen molar-refractivity contribution in [2.45, 2.75) is 25.2 Å². The monoisotopic (exact) mass is 258 g/mol. The van der Waals surface area contributed by atoms with Gasteiger partial charge < -0.3 is 5.73 Å². The normalized spacial score (nSPS) is 10.9. The van der Waals surface area contributed by atoms with Crippen LogP contribution in [0, 0.1) is 23.0 Å². The van der Waals surface area contributed by atoms with Crippen LogP contribution in [-0.2, 0) is 0 Å². The number of nitrogens with two attached hydrogens (primary N) is 1. The topological polar surface area (TPSA) is 49.9 Å². The van der Waals surface area contributed by atoms with E-state index in [-0.39, 0.29) is 16.3 Å². The van der Waals surface area contributed by atoms with E-state index in [9.17, 15) is 8.78 Å². The van der Waals surface area contributed by atoms with Gasteiger partial charge in [-0.3, -0.25) is 5.41 Å². The molecule has 2 nitrogen and oxygen atoms in total. The highest BCUT2D eigenvalue weighted by atomic mass is 32.2. The number of nitrogen functional groups attached to an aromatic ring is 1. The van der Waals surface area contributed by atoms with Crippen molar-refractivity contribution < 1.29 is 8.78 Å². The van der Waals surface area contributed by atoms with Gasteiger partial charge in [0.1, 0.15) is 17.5 Å². The van der Waals surface area contributed by atoms with Crippen molar-refractivity contribution in [1.82, 2.24) is 0 Å². The van der Waals surface area contributed by atoms with Gasteiger partial charge in [-0.05, 0) is 30.2 Å². The van der Waals surface area contributed by atoms with Gasteiger partial charge in [-0.25, -0.2) is 8.78 Å². The first kappa shape index (κ1) is 14.0. The maximum Gasteiger partial charge on any atom is 0.140 e. The quantitative estimate of drug-likeness (QED) is 0.483. The zero-order chi connectivity index (χ0) is 13.0. The third-order valence-corrected chi connectivity index (χ3v) is 3.37. The highest BCUT2D eigenvalue weighted by molar-refractivity contribution is 7.99. The first-order chi connectivity index (χ1) is 7.91. The largest absolute Gasteiger partial charge is 0.384 e. The van der Waals surface area contributed by atoms with Gasteiger partial charge in [0.05, 0.1) is 4.90 Å². The number of hydrogen-bond acceptors (Lipinski definition) is 2. The van der Waals surface area contributed by atoms with Crippen LogP contribution in [-0.4, -0.2) is 11.6 Å². The molecule has 17 heavy (non-hydrogen) atoms. The molecular weight excluding hydrogens is 242 g/mol. The van der Waals surface area contributed by atoms with Crippen LogP contribution in [0.3, 0.4) is 0 Å². The molecule has 0 spiro atoms. The van der Waals surface area contributed by atoms with E-state index in [0.717, 1.165) is 30.3 Å². The second kappa shape index (κ2) is 6.00. The van der Waals surface area contributed by atoms with Crippen LogP contribution in [0.25, 0.3) is 0 Å². The van der Waals surface area contributed by atoms with E-state index in [2.05, 4.69) is 13.8 Å². The molecule has 1 rings (SSSR count). The molecule has 0 heterocycles. The Kier molecular flexibility index (Phi) is 4.93. The van der Waals surface area contributed by atoms with Crippen LogP contribution in [0.2, 0.25) is 0 Å². The van der Waals surface area contributed by atoms with Crippen LogP contribution in [0.1, 0.15) is 25.8 Å². The van der Waals surface area contributed by atoms with E-state index in [1.54, 1.807) is 0 Å². The number of thioether (sulfide) groups is 1. The standard InChI is InChI=1S/C12H16F2N2S/c1-7(2)3-4-17-11-9(13)5-8(12(15)16)6-10(11)14/h5-7H,3-4H2,1-2H3,(H3,15,16).